The summed E-state index contributed by atoms with van der Waals surface area (Å²) < 4.78 is 26.9. The van der Waals surface area contributed by atoms with Crippen molar-refractivity contribution in [1.29, 1.82) is 0 Å². The van der Waals surface area contributed by atoms with E-state index in [1.54, 1.807) is 12.1 Å². The lowest BCUT2D eigenvalue weighted by Gasteiger charge is -2.26. The summed E-state index contributed by atoms with van der Waals surface area (Å²) in [6.45, 7) is 1.66. The van der Waals surface area contributed by atoms with Crippen LogP contribution in [0.3, 0.4) is 0 Å². The first-order chi connectivity index (χ1) is 7.27. The topological polar surface area (TPSA) is 12.0 Å². The van der Waals surface area contributed by atoms with Crippen LogP contribution in [0.2, 0.25) is 0 Å². The second-order valence-corrected chi connectivity index (χ2v) is 4.06. The van der Waals surface area contributed by atoms with Gasteiger partial charge >= 0.3 is 0 Å². The Hall–Kier alpha value is -0.960. The zero-order chi connectivity index (χ0) is 10.7. The van der Waals surface area contributed by atoms with E-state index in [4.69, 9.17) is 0 Å². The van der Waals surface area contributed by atoms with Gasteiger partial charge in [-0.1, -0.05) is 12.1 Å². The molecule has 0 aromatic heterocycles. The third-order valence-corrected chi connectivity index (χ3v) is 2.92. The summed E-state index contributed by atoms with van der Waals surface area (Å²) in [4.78, 5) is 0. The van der Waals surface area contributed by atoms with E-state index in [1.165, 1.54) is 12.1 Å². The lowest BCUT2D eigenvalue weighted by molar-refractivity contribution is 0.194. The summed E-state index contributed by atoms with van der Waals surface area (Å²) in [6.07, 6.45) is 0.832. The number of piperidine rings is 1. The average Bonchev–Trinajstić information content (AvgIpc) is 2.29. The lowest BCUT2D eigenvalue weighted by atomic mass is 9.90. The van der Waals surface area contributed by atoms with Gasteiger partial charge in [-0.05, 0) is 37.1 Å². The van der Waals surface area contributed by atoms with Gasteiger partial charge in [-0.2, -0.15) is 0 Å². The zero-order valence-corrected chi connectivity index (χ0v) is 8.55. The zero-order valence-electron chi connectivity index (χ0n) is 8.55. The van der Waals surface area contributed by atoms with Crippen molar-refractivity contribution >= 4 is 0 Å². The smallest absolute Gasteiger partial charge is 0.129 e. The molecule has 0 saturated carbocycles. The van der Waals surface area contributed by atoms with Gasteiger partial charge < -0.3 is 5.32 Å². The highest BCUT2D eigenvalue weighted by molar-refractivity contribution is 5.19. The maximum Gasteiger partial charge on any atom is 0.129 e. The average molecular weight is 211 g/mol. The van der Waals surface area contributed by atoms with E-state index in [1.807, 2.05) is 0 Å². The molecule has 1 nitrogen and oxygen atoms in total. The monoisotopic (exact) mass is 211 g/mol. The van der Waals surface area contributed by atoms with Crippen LogP contribution in [0.1, 0.15) is 24.6 Å². The highest BCUT2D eigenvalue weighted by Crippen LogP contribution is 2.30. The van der Waals surface area contributed by atoms with Gasteiger partial charge in [0.15, 0.2) is 0 Å². The molecular formula is C12H15F2N. The van der Waals surface area contributed by atoms with Crippen molar-refractivity contribution in [3.8, 4) is 0 Å². The van der Waals surface area contributed by atoms with E-state index in [0.717, 1.165) is 19.4 Å². The molecule has 2 atom stereocenters. The largest absolute Gasteiger partial charge is 0.316 e. The number of rotatable bonds is 2. The van der Waals surface area contributed by atoms with Crippen LogP contribution in [0.5, 0.6) is 0 Å². The van der Waals surface area contributed by atoms with E-state index < -0.39 is 6.17 Å². The summed E-state index contributed by atoms with van der Waals surface area (Å²) >= 11 is 0. The minimum Gasteiger partial charge on any atom is -0.316 e. The fourth-order valence-electron chi connectivity index (χ4n) is 2.08. The van der Waals surface area contributed by atoms with Gasteiger partial charge in [0, 0.05) is 12.5 Å². The van der Waals surface area contributed by atoms with Gasteiger partial charge in [0.05, 0.1) is 0 Å². The maximum atomic E-state index is 14.0. The molecule has 1 aliphatic heterocycles. The van der Waals surface area contributed by atoms with Crippen LogP contribution >= 0.6 is 0 Å². The second-order valence-electron chi connectivity index (χ2n) is 4.06. The first kappa shape index (κ1) is 10.6. The van der Waals surface area contributed by atoms with Crippen molar-refractivity contribution in [1.82, 2.24) is 5.32 Å². The SMILES string of the molecule is Fc1cccc(C(F)C2CCCNC2)c1. The van der Waals surface area contributed by atoms with Crippen LogP contribution in [0.15, 0.2) is 24.3 Å². The molecule has 1 aromatic rings. The molecule has 1 aromatic carbocycles. The Kier molecular flexibility index (Phi) is 3.31. The normalized spacial score (nSPS) is 23.7. The van der Waals surface area contributed by atoms with Crippen molar-refractivity contribution < 1.29 is 8.78 Å². The van der Waals surface area contributed by atoms with E-state index in [0.29, 0.717) is 12.1 Å². The van der Waals surface area contributed by atoms with Crippen LogP contribution in [0.4, 0.5) is 8.78 Å². The highest BCUT2D eigenvalue weighted by atomic mass is 19.1. The Morgan fingerprint density at radius 1 is 1.40 bits per heavy atom. The molecule has 0 amide bonds. The number of nitrogens with one attached hydrogen (secondary N) is 1. The van der Waals surface area contributed by atoms with Gasteiger partial charge in [0.25, 0.3) is 0 Å². The number of hydrogen-bond donors (Lipinski definition) is 1. The number of hydrogen-bond acceptors (Lipinski definition) is 1. The number of alkyl halides is 1. The minimum atomic E-state index is -1.05. The predicted octanol–water partition coefficient (Wildman–Crippen LogP) is 2.84. The summed E-state index contributed by atoms with van der Waals surface area (Å²) in [6, 6.07) is 5.85. The highest BCUT2D eigenvalue weighted by Gasteiger charge is 2.24. The molecule has 15 heavy (non-hydrogen) atoms. The molecule has 3 heteroatoms. The summed E-state index contributed by atoms with van der Waals surface area (Å²) in [7, 11) is 0. The Morgan fingerprint density at radius 3 is 2.93 bits per heavy atom. The summed E-state index contributed by atoms with van der Waals surface area (Å²) in [5, 5.41) is 3.17. The fourth-order valence-corrected chi connectivity index (χ4v) is 2.08. The van der Waals surface area contributed by atoms with E-state index in [2.05, 4.69) is 5.32 Å². The molecule has 1 N–H and O–H groups in total. The Morgan fingerprint density at radius 2 is 2.27 bits per heavy atom. The van der Waals surface area contributed by atoms with Crippen LogP contribution in [-0.4, -0.2) is 13.1 Å². The molecule has 1 heterocycles. The van der Waals surface area contributed by atoms with E-state index in [-0.39, 0.29) is 11.7 Å². The van der Waals surface area contributed by atoms with Crippen molar-refractivity contribution in [2.24, 2.45) is 5.92 Å². The van der Waals surface area contributed by atoms with Gasteiger partial charge in [-0.3, -0.25) is 0 Å². The quantitative estimate of drug-likeness (QED) is 0.793. The van der Waals surface area contributed by atoms with E-state index >= 15 is 0 Å². The first-order valence-corrected chi connectivity index (χ1v) is 5.37. The molecule has 0 spiro atoms. The van der Waals surface area contributed by atoms with Crippen LogP contribution in [-0.2, 0) is 0 Å². The maximum absolute atomic E-state index is 14.0. The summed E-state index contributed by atoms with van der Waals surface area (Å²) in [5.74, 6) is -0.375. The molecule has 1 aliphatic rings. The predicted molar refractivity (Wildman–Crippen MR) is 55.8 cm³/mol. The molecule has 2 unspecified atom stereocenters. The number of halogens is 2. The third-order valence-electron chi connectivity index (χ3n) is 2.92. The van der Waals surface area contributed by atoms with Crippen LogP contribution in [0, 0.1) is 11.7 Å². The van der Waals surface area contributed by atoms with Crippen molar-refractivity contribution in [3.05, 3.63) is 35.6 Å². The molecule has 82 valence electrons. The van der Waals surface area contributed by atoms with Gasteiger partial charge in [-0.15, -0.1) is 0 Å². The van der Waals surface area contributed by atoms with Crippen molar-refractivity contribution in [2.45, 2.75) is 19.0 Å². The van der Waals surface area contributed by atoms with Crippen molar-refractivity contribution in [2.75, 3.05) is 13.1 Å². The van der Waals surface area contributed by atoms with Crippen LogP contribution < -0.4 is 5.32 Å². The molecule has 1 saturated heterocycles. The molecule has 1 fully saturated rings. The fraction of sp³-hybridized carbons (Fsp3) is 0.500. The second kappa shape index (κ2) is 4.71. The molecular weight excluding hydrogens is 196 g/mol. The van der Waals surface area contributed by atoms with Gasteiger partial charge in [-0.25, -0.2) is 8.78 Å². The Labute approximate surface area is 88.5 Å². The lowest BCUT2D eigenvalue weighted by Crippen LogP contribution is -2.32. The van der Waals surface area contributed by atoms with E-state index in [9.17, 15) is 8.78 Å². The minimum absolute atomic E-state index is 0.0134. The Bertz CT molecular complexity index is 321. The summed E-state index contributed by atoms with van der Waals surface area (Å²) in [5.41, 5.74) is 0.462. The first-order valence-electron chi connectivity index (χ1n) is 5.37. The third kappa shape index (κ3) is 2.53. The van der Waals surface area contributed by atoms with Gasteiger partial charge in [0.2, 0.25) is 0 Å². The molecule has 2 rings (SSSR count). The molecule has 0 aliphatic carbocycles. The van der Waals surface area contributed by atoms with Crippen molar-refractivity contribution in [3.63, 3.8) is 0 Å². The molecule has 0 radical (unpaired) electrons. The number of benzene rings is 1. The standard InChI is InChI=1S/C12H15F2N/c13-11-5-1-3-9(7-11)12(14)10-4-2-6-15-8-10/h1,3,5,7,10,12,15H,2,4,6,8H2. The Balaban J connectivity index is 2.08. The van der Waals surface area contributed by atoms with Gasteiger partial charge in [0.1, 0.15) is 12.0 Å². The molecule has 0 bridgehead atoms. The van der Waals surface area contributed by atoms with Crippen LogP contribution in [0.25, 0.3) is 0 Å².